The Balaban J connectivity index is 0.00000225. The predicted molar refractivity (Wildman–Crippen MR) is 131 cm³/mol. The van der Waals surface area contributed by atoms with Crippen LogP contribution in [0, 0.1) is 6.92 Å². The lowest BCUT2D eigenvalue weighted by atomic mass is 9.99. The molecule has 164 valence electrons. The van der Waals surface area contributed by atoms with Crippen molar-refractivity contribution in [2.45, 2.75) is 38.5 Å². The van der Waals surface area contributed by atoms with Crippen LogP contribution in [0.5, 0.6) is 0 Å². The molecule has 1 unspecified atom stereocenters. The highest BCUT2D eigenvalue weighted by molar-refractivity contribution is 7.99. The molecule has 2 heterocycles. The van der Waals surface area contributed by atoms with E-state index >= 15 is 0 Å². The fourth-order valence-corrected chi connectivity index (χ4v) is 3.73. The SMILES string of the molecule is Cc1ccc2nc(CSCC(=O)NCC(N)c3ccc(C(C)C)cc3)cn2c1.Cl.Cl. The molecule has 0 fully saturated rings. The van der Waals surface area contributed by atoms with Gasteiger partial charge in [-0.15, -0.1) is 36.6 Å². The van der Waals surface area contributed by atoms with Gasteiger partial charge < -0.3 is 15.5 Å². The molecule has 0 saturated carbocycles. The van der Waals surface area contributed by atoms with Crippen molar-refractivity contribution in [1.82, 2.24) is 14.7 Å². The minimum atomic E-state index is -0.197. The second-order valence-corrected chi connectivity index (χ2v) is 8.41. The number of hydrogen-bond acceptors (Lipinski definition) is 4. The molecule has 2 aromatic heterocycles. The van der Waals surface area contributed by atoms with E-state index < -0.39 is 0 Å². The lowest BCUT2D eigenvalue weighted by molar-refractivity contribution is -0.118. The van der Waals surface area contributed by atoms with Gasteiger partial charge in [-0.25, -0.2) is 4.98 Å². The molecule has 0 saturated heterocycles. The van der Waals surface area contributed by atoms with Crippen LogP contribution >= 0.6 is 36.6 Å². The van der Waals surface area contributed by atoms with Gasteiger partial charge in [-0.05, 0) is 35.6 Å². The number of aromatic nitrogens is 2. The largest absolute Gasteiger partial charge is 0.353 e. The molecule has 0 aliphatic carbocycles. The van der Waals surface area contributed by atoms with Crippen molar-refractivity contribution >= 4 is 48.1 Å². The quantitative estimate of drug-likeness (QED) is 0.504. The zero-order valence-corrected chi connectivity index (χ0v) is 19.9. The Kier molecular flexibility index (Phi) is 10.7. The van der Waals surface area contributed by atoms with E-state index in [4.69, 9.17) is 5.73 Å². The van der Waals surface area contributed by atoms with Crippen LogP contribution in [0.2, 0.25) is 0 Å². The topological polar surface area (TPSA) is 72.4 Å². The first kappa shape index (κ1) is 26.3. The summed E-state index contributed by atoms with van der Waals surface area (Å²) < 4.78 is 2.02. The van der Waals surface area contributed by atoms with Gasteiger partial charge in [-0.2, -0.15) is 0 Å². The van der Waals surface area contributed by atoms with Crippen LogP contribution in [-0.4, -0.2) is 27.6 Å². The highest BCUT2D eigenvalue weighted by Gasteiger charge is 2.10. The Morgan fingerprint density at radius 1 is 1.10 bits per heavy atom. The number of pyridine rings is 1. The molecule has 0 radical (unpaired) electrons. The molecule has 0 aliphatic heterocycles. The number of carbonyl (C=O) groups excluding carboxylic acids is 1. The smallest absolute Gasteiger partial charge is 0.230 e. The van der Waals surface area contributed by atoms with E-state index in [1.54, 1.807) is 11.8 Å². The van der Waals surface area contributed by atoms with E-state index in [0.717, 1.165) is 16.9 Å². The maximum atomic E-state index is 12.1. The Labute approximate surface area is 195 Å². The van der Waals surface area contributed by atoms with E-state index in [1.807, 2.05) is 34.9 Å². The van der Waals surface area contributed by atoms with Gasteiger partial charge in [0, 0.05) is 30.7 Å². The molecule has 0 aliphatic rings. The van der Waals surface area contributed by atoms with Crippen LogP contribution in [0.3, 0.4) is 0 Å². The molecule has 0 bridgehead atoms. The number of benzene rings is 1. The van der Waals surface area contributed by atoms with Gasteiger partial charge >= 0.3 is 0 Å². The third-order valence-corrected chi connectivity index (χ3v) is 5.65. The van der Waals surface area contributed by atoms with Gasteiger partial charge in [-0.3, -0.25) is 4.79 Å². The Bertz CT molecular complexity index is 944. The Morgan fingerprint density at radius 2 is 1.77 bits per heavy atom. The lowest BCUT2D eigenvalue weighted by Gasteiger charge is -2.14. The molecule has 1 amide bonds. The minimum absolute atomic E-state index is 0. The summed E-state index contributed by atoms with van der Waals surface area (Å²) in [5.74, 6) is 1.60. The van der Waals surface area contributed by atoms with E-state index in [2.05, 4.69) is 49.4 Å². The Morgan fingerprint density at radius 3 is 2.43 bits per heavy atom. The molecule has 8 heteroatoms. The maximum Gasteiger partial charge on any atom is 0.230 e. The van der Waals surface area contributed by atoms with Crippen molar-refractivity contribution in [2.75, 3.05) is 12.3 Å². The first-order chi connectivity index (χ1) is 13.4. The number of rotatable bonds is 8. The number of thioether (sulfide) groups is 1. The molecule has 3 N–H and O–H groups in total. The lowest BCUT2D eigenvalue weighted by Crippen LogP contribution is -2.33. The molecule has 30 heavy (non-hydrogen) atoms. The summed E-state index contributed by atoms with van der Waals surface area (Å²) in [5.41, 5.74) is 11.6. The average Bonchev–Trinajstić information content (AvgIpc) is 3.08. The normalized spacial score (nSPS) is 11.6. The second-order valence-electron chi connectivity index (χ2n) is 7.43. The number of fused-ring (bicyclic) bond motifs is 1. The number of amides is 1. The summed E-state index contributed by atoms with van der Waals surface area (Å²) in [5, 5.41) is 2.93. The number of imidazole rings is 1. The molecule has 3 aromatic rings. The molecular formula is C22H30Cl2N4OS. The van der Waals surface area contributed by atoms with Crippen molar-refractivity contribution in [2.24, 2.45) is 5.73 Å². The standard InChI is InChI=1S/C22H28N4OS.2ClH/c1-15(2)17-5-7-18(8-6-17)20(23)10-24-22(27)14-28-13-19-12-26-11-16(3)4-9-21(26)25-19;;/h4-9,11-12,15,20H,10,13-14,23H2,1-3H3,(H,24,27);2*1H. The monoisotopic (exact) mass is 468 g/mol. The molecule has 3 rings (SSSR count). The number of nitrogens with zero attached hydrogens (tertiary/aromatic N) is 2. The number of halogens is 2. The third kappa shape index (κ3) is 7.20. The first-order valence-corrected chi connectivity index (χ1v) is 10.7. The van der Waals surface area contributed by atoms with E-state index in [9.17, 15) is 4.79 Å². The summed E-state index contributed by atoms with van der Waals surface area (Å²) in [7, 11) is 0. The van der Waals surface area contributed by atoms with Gasteiger partial charge in [0.1, 0.15) is 5.65 Å². The van der Waals surface area contributed by atoms with E-state index in [-0.39, 0.29) is 36.8 Å². The van der Waals surface area contributed by atoms with Crippen LogP contribution in [0.25, 0.3) is 5.65 Å². The fraction of sp³-hybridized carbons (Fsp3) is 0.364. The number of nitrogens with two attached hydrogens (primary N) is 1. The third-order valence-electron chi connectivity index (χ3n) is 4.68. The molecule has 5 nitrogen and oxygen atoms in total. The fourth-order valence-electron chi connectivity index (χ4n) is 2.99. The molecule has 1 atom stereocenters. The number of carbonyl (C=O) groups is 1. The van der Waals surface area contributed by atoms with E-state index in [1.165, 1.54) is 11.1 Å². The number of hydrogen-bond donors (Lipinski definition) is 2. The van der Waals surface area contributed by atoms with E-state index in [0.29, 0.717) is 24.0 Å². The van der Waals surface area contributed by atoms with Gasteiger partial charge in [0.25, 0.3) is 0 Å². The van der Waals surface area contributed by atoms with Crippen molar-refractivity contribution in [3.63, 3.8) is 0 Å². The Hall–Kier alpha value is -1.73. The van der Waals surface area contributed by atoms with Crippen LogP contribution < -0.4 is 11.1 Å². The highest BCUT2D eigenvalue weighted by atomic mass is 35.5. The summed E-state index contributed by atoms with van der Waals surface area (Å²) in [6, 6.07) is 12.2. The van der Waals surface area contributed by atoms with Gasteiger partial charge in [-0.1, -0.05) is 44.2 Å². The zero-order chi connectivity index (χ0) is 20.1. The summed E-state index contributed by atoms with van der Waals surface area (Å²) >= 11 is 1.56. The number of aryl methyl sites for hydroxylation is 1. The van der Waals surface area contributed by atoms with Crippen molar-refractivity contribution in [3.05, 3.63) is 71.2 Å². The maximum absolute atomic E-state index is 12.1. The van der Waals surface area contributed by atoms with Crippen LogP contribution in [0.4, 0.5) is 0 Å². The summed E-state index contributed by atoms with van der Waals surface area (Å²) in [6.45, 7) is 6.83. The second kappa shape index (κ2) is 12.2. The van der Waals surface area contributed by atoms with Crippen molar-refractivity contribution < 1.29 is 4.79 Å². The average molecular weight is 469 g/mol. The summed E-state index contributed by atoms with van der Waals surface area (Å²) in [6.07, 6.45) is 4.07. The zero-order valence-electron chi connectivity index (χ0n) is 17.5. The molecule has 1 aromatic carbocycles. The number of nitrogens with one attached hydrogen (secondary N) is 1. The summed E-state index contributed by atoms with van der Waals surface area (Å²) in [4.78, 5) is 16.7. The van der Waals surface area contributed by atoms with Crippen LogP contribution in [0.15, 0.2) is 48.8 Å². The first-order valence-electron chi connectivity index (χ1n) is 9.56. The molecular weight excluding hydrogens is 439 g/mol. The van der Waals surface area contributed by atoms with Gasteiger partial charge in [0.15, 0.2) is 0 Å². The van der Waals surface area contributed by atoms with Gasteiger partial charge in [0.05, 0.1) is 11.4 Å². The molecule has 0 spiro atoms. The predicted octanol–water partition coefficient (Wildman–Crippen LogP) is 4.66. The van der Waals surface area contributed by atoms with Crippen LogP contribution in [0.1, 0.15) is 48.2 Å². The van der Waals surface area contributed by atoms with Crippen molar-refractivity contribution in [3.8, 4) is 0 Å². The highest BCUT2D eigenvalue weighted by Crippen LogP contribution is 2.18. The van der Waals surface area contributed by atoms with Crippen LogP contribution in [-0.2, 0) is 10.5 Å². The minimum Gasteiger partial charge on any atom is -0.353 e. The van der Waals surface area contributed by atoms with Gasteiger partial charge in [0.2, 0.25) is 5.91 Å². The van der Waals surface area contributed by atoms with Crippen molar-refractivity contribution in [1.29, 1.82) is 0 Å².